The van der Waals surface area contributed by atoms with E-state index in [1.165, 1.54) is 5.56 Å². The zero-order valence-corrected chi connectivity index (χ0v) is 11.3. The van der Waals surface area contributed by atoms with Crippen molar-refractivity contribution < 1.29 is 0 Å². The van der Waals surface area contributed by atoms with Gasteiger partial charge in [-0.25, -0.2) is 4.98 Å². The lowest BCUT2D eigenvalue weighted by Gasteiger charge is -2.14. The summed E-state index contributed by atoms with van der Waals surface area (Å²) in [6.45, 7) is 0. The number of rotatable bonds is 2. The molecular formula is C13H11IN2O. The van der Waals surface area contributed by atoms with Gasteiger partial charge in [-0.05, 0) is 41.0 Å². The van der Waals surface area contributed by atoms with E-state index in [0.29, 0.717) is 3.57 Å². The Morgan fingerprint density at radius 3 is 2.53 bits per heavy atom. The van der Waals surface area contributed by atoms with Crippen LogP contribution in [0.25, 0.3) is 0 Å². The molecule has 4 heteroatoms. The van der Waals surface area contributed by atoms with Crippen molar-refractivity contribution >= 4 is 22.6 Å². The second-order valence-electron chi connectivity index (χ2n) is 4.36. The van der Waals surface area contributed by atoms with Gasteiger partial charge in [-0.15, -0.1) is 0 Å². The number of benzene rings is 1. The Labute approximate surface area is 112 Å². The summed E-state index contributed by atoms with van der Waals surface area (Å²) in [6.07, 6.45) is 3.76. The maximum Gasteiger partial charge on any atom is 0.264 e. The van der Waals surface area contributed by atoms with E-state index >= 15 is 0 Å². The molecular weight excluding hydrogens is 327 g/mol. The third kappa shape index (κ3) is 1.80. The normalized spacial score (nSPS) is 16.8. The van der Waals surface area contributed by atoms with E-state index in [1.54, 1.807) is 6.20 Å². The van der Waals surface area contributed by atoms with Crippen molar-refractivity contribution in [3.05, 3.63) is 61.8 Å². The molecule has 0 radical (unpaired) electrons. The molecule has 0 amide bonds. The molecule has 1 saturated carbocycles. The number of aromatic nitrogens is 2. The van der Waals surface area contributed by atoms with Gasteiger partial charge in [0.1, 0.15) is 5.82 Å². The van der Waals surface area contributed by atoms with Gasteiger partial charge >= 0.3 is 0 Å². The SMILES string of the molecule is O=c1[nH]c(C2(c3ccccc3)CC2)ncc1I. The van der Waals surface area contributed by atoms with Gasteiger partial charge in [0.15, 0.2) is 0 Å². The quantitative estimate of drug-likeness (QED) is 0.855. The number of H-pyrrole nitrogens is 1. The van der Waals surface area contributed by atoms with E-state index in [0.717, 1.165) is 18.7 Å². The molecule has 2 aromatic rings. The van der Waals surface area contributed by atoms with Crippen LogP contribution in [0, 0.1) is 3.57 Å². The van der Waals surface area contributed by atoms with E-state index in [1.807, 2.05) is 40.8 Å². The van der Waals surface area contributed by atoms with Crippen LogP contribution in [0.5, 0.6) is 0 Å². The molecule has 1 N–H and O–H groups in total. The van der Waals surface area contributed by atoms with Crippen LogP contribution in [0.4, 0.5) is 0 Å². The van der Waals surface area contributed by atoms with Crippen molar-refractivity contribution in [3.63, 3.8) is 0 Å². The molecule has 1 heterocycles. The van der Waals surface area contributed by atoms with E-state index in [4.69, 9.17) is 0 Å². The van der Waals surface area contributed by atoms with Crippen molar-refractivity contribution in [1.29, 1.82) is 0 Å². The lowest BCUT2D eigenvalue weighted by atomic mass is 9.95. The third-order valence-corrected chi connectivity index (χ3v) is 4.05. The van der Waals surface area contributed by atoms with Gasteiger partial charge < -0.3 is 4.98 Å². The minimum Gasteiger partial charge on any atom is -0.309 e. The van der Waals surface area contributed by atoms with Crippen LogP contribution in [0.15, 0.2) is 41.3 Å². The van der Waals surface area contributed by atoms with Gasteiger partial charge in [0, 0.05) is 6.20 Å². The Morgan fingerprint density at radius 2 is 1.94 bits per heavy atom. The summed E-state index contributed by atoms with van der Waals surface area (Å²) in [5.41, 5.74) is 1.15. The highest BCUT2D eigenvalue weighted by Crippen LogP contribution is 2.51. The second-order valence-corrected chi connectivity index (χ2v) is 5.52. The fourth-order valence-corrected chi connectivity index (χ4v) is 2.44. The predicted molar refractivity (Wildman–Crippen MR) is 74.0 cm³/mol. The molecule has 3 rings (SSSR count). The Balaban J connectivity index is 2.10. The highest BCUT2D eigenvalue weighted by Gasteiger charge is 2.48. The highest BCUT2D eigenvalue weighted by atomic mass is 127. The molecule has 1 fully saturated rings. The minimum absolute atomic E-state index is 0.0437. The van der Waals surface area contributed by atoms with Crippen molar-refractivity contribution in [2.45, 2.75) is 18.3 Å². The monoisotopic (exact) mass is 338 g/mol. The lowest BCUT2D eigenvalue weighted by molar-refractivity contribution is 0.744. The van der Waals surface area contributed by atoms with Gasteiger partial charge in [-0.3, -0.25) is 4.79 Å². The molecule has 1 aromatic carbocycles. The van der Waals surface area contributed by atoms with E-state index in [9.17, 15) is 4.79 Å². The van der Waals surface area contributed by atoms with Crippen LogP contribution >= 0.6 is 22.6 Å². The molecule has 1 aliphatic carbocycles. The van der Waals surface area contributed by atoms with Crippen LogP contribution in [-0.2, 0) is 5.41 Å². The second kappa shape index (κ2) is 3.94. The van der Waals surface area contributed by atoms with Crippen molar-refractivity contribution in [2.24, 2.45) is 0 Å². The zero-order chi connectivity index (χ0) is 11.9. The molecule has 0 spiro atoms. The van der Waals surface area contributed by atoms with Crippen LogP contribution in [0.3, 0.4) is 0 Å². The van der Waals surface area contributed by atoms with E-state index in [-0.39, 0.29) is 11.0 Å². The molecule has 0 saturated heterocycles. The first kappa shape index (κ1) is 11.0. The Hall–Kier alpha value is -1.17. The fourth-order valence-electron chi connectivity index (χ4n) is 2.17. The predicted octanol–water partition coefficient (Wildman–Crippen LogP) is 2.45. The van der Waals surface area contributed by atoms with Crippen LogP contribution in [0.2, 0.25) is 0 Å². The first-order chi connectivity index (χ1) is 8.22. The third-order valence-electron chi connectivity index (χ3n) is 3.29. The molecule has 0 unspecified atom stereocenters. The zero-order valence-electron chi connectivity index (χ0n) is 9.11. The van der Waals surface area contributed by atoms with E-state index < -0.39 is 0 Å². The summed E-state index contributed by atoms with van der Waals surface area (Å²) in [4.78, 5) is 18.9. The minimum atomic E-state index is -0.0508. The van der Waals surface area contributed by atoms with Crippen molar-refractivity contribution in [2.75, 3.05) is 0 Å². The summed E-state index contributed by atoms with van der Waals surface area (Å²) in [7, 11) is 0. The number of aromatic amines is 1. The first-order valence-electron chi connectivity index (χ1n) is 5.53. The summed E-state index contributed by atoms with van der Waals surface area (Å²) in [5, 5.41) is 0. The van der Waals surface area contributed by atoms with Crippen LogP contribution in [0.1, 0.15) is 24.2 Å². The number of hydrogen-bond donors (Lipinski definition) is 1. The summed E-state index contributed by atoms with van der Waals surface area (Å²) in [6, 6.07) is 10.3. The van der Waals surface area contributed by atoms with Crippen LogP contribution in [-0.4, -0.2) is 9.97 Å². The summed E-state index contributed by atoms with van der Waals surface area (Å²) < 4.78 is 0.634. The standard InChI is InChI=1S/C13H11IN2O/c14-10-8-15-12(16-11(10)17)13(6-7-13)9-4-2-1-3-5-9/h1-5,8H,6-7H2,(H,15,16,17). The molecule has 1 aromatic heterocycles. The topological polar surface area (TPSA) is 45.8 Å². The lowest BCUT2D eigenvalue weighted by Crippen LogP contribution is -2.21. The molecule has 86 valence electrons. The fraction of sp³-hybridized carbons (Fsp3) is 0.231. The highest BCUT2D eigenvalue weighted by molar-refractivity contribution is 14.1. The maximum atomic E-state index is 11.6. The Morgan fingerprint density at radius 1 is 1.24 bits per heavy atom. The summed E-state index contributed by atoms with van der Waals surface area (Å²) >= 11 is 2.00. The molecule has 1 aliphatic rings. The molecule has 3 nitrogen and oxygen atoms in total. The number of halogens is 1. The van der Waals surface area contributed by atoms with Crippen molar-refractivity contribution in [3.8, 4) is 0 Å². The Bertz CT molecular complexity index is 602. The van der Waals surface area contributed by atoms with E-state index in [2.05, 4.69) is 22.1 Å². The summed E-state index contributed by atoms with van der Waals surface area (Å²) in [5.74, 6) is 0.800. The van der Waals surface area contributed by atoms with Crippen LogP contribution < -0.4 is 5.56 Å². The smallest absolute Gasteiger partial charge is 0.264 e. The molecule has 0 atom stereocenters. The molecule has 17 heavy (non-hydrogen) atoms. The number of nitrogens with one attached hydrogen (secondary N) is 1. The van der Waals surface area contributed by atoms with Gasteiger partial charge in [0.25, 0.3) is 5.56 Å². The average Bonchev–Trinajstić information content (AvgIpc) is 3.15. The van der Waals surface area contributed by atoms with Crippen molar-refractivity contribution in [1.82, 2.24) is 9.97 Å². The van der Waals surface area contributed by atoms with Gasteiger partial charge in [0.05, 0.1) is 8.99 Å². The molecule has 0 bridgehead atoms. The van der Waals surface area contributed by atoms with Gasteiger partial charge in [-0.2, -0.15) is 0 Å². The average molecular weight is 338 g/mol. The van der Waals surface area contributed by atoms with Gasteiger partial charge in [0.2, 0.25) is 0 Å². The van der Waals surface area contributed by atoms with Gasteiger partial charge in [-0.1, -0.05) is 30.3 Å². The number of hydrogen-bond acceptors (Lipinski definition) is 2. The molecule has 0 aliphatic heterocycles. The Kier molecular flexibility index (Phi) is 2.54. The maximum absolute atomic E-state index is 11.6. The number of nitrogens with zero attached hydrogens (tertiary/aromatic N) is 1. The first-order valence-corrected chi connectivity index (χ1v) is 6.61. The largest absolute Gasteiger partial charge is 0.309 e.